The van der Waals surface area contributed by atoms with E-state index in [-0.39, 0.29) is 11.6 Å². The number of hydrogen-bond acceptors (Lipinski definition) is 5. The van der Waals surface area contributed by atoms with Gasteiger partial charge in [0, 0.05) is 12.2 Å². The van der Waals surface area contributed by atoms with Gasteiger partial charge in [0.15, 0.2) is 11.5 Å². The minimum Gasteiger partial charge on any atom is -0.495 e. The molecular formula is C21H20N4O2. The lowest BCUT2D eigenvalue weighted by Crippen LogP contribution is -2.18. The van der Waals surface area contributed by atoms with Crippen molar-refractivity contribution in [2.24, 2.45) is 0 Å². The van der Waals surface area contributed by atoms with E-state index in [0.29, 0.717) is 11.4 Å². The first-order valence-electron chi connectivity index (χ1n) is 8.81. The van der Waals surface area contributed by atoms with Gasteiger partial charge < -0.3 is 15.0 Å². The zero-order valence-corrected chi connectivity index (χ0v) is 15.3. The van der Waals surface area contributed by atoms with E-state index in [2.05, 4.69) is 32.5 Å². The first kappa shape index (κ1) is 17.0. The molecule has 4 rings (SSSR count). The van der Waals surface area contributed by atoms with Crippen molar-refractivity contribution >= 4 is 23.1 Å². The van der Waals surface area contributed by atoms with Crippen molar-refractivity contribution in [3.63, 3.8) is 0 Å². The summed E-state index contributed by atoms with van der Waals surface area (Å²) >= 11 is 0. The minimum absolute atomic E-state index is 0.259. The third-order valence-corrected chi connectivity index (χ3v) is 4.65. The average Bonchev–Trinajstić information content (AvgIpc) is 3.12. The van der Waals surface area contributed by atoms with Crippen molar-refractivity contribution in [2.75, 3.05) is 23.9 Å². The molecule has 0 bridgehead atoms. The van der Waals surface area contributed by atoms with Gasteiger partial charge in [0.25, 0.3) is 5.91 Å². The van der Waals surface area contributed by atoms with E-state index in [1.54, 1.807) is 13.2 Å². The smallest absolute Gasteiger partial charge is 0.276 e. The lowest BCUT2D eigenvalue weighted by molar-refractivity contribution is 0.102. The van der Waals surface area contributed by atoms with E-state index in [4.69, 9.17) is 4.74 Å². The van der Waals surface area contributed by atoms with Crippen molar-refractivity contribution in [1.29, 1.82) is 0 Å². The molecule has 1 amide bonds. The fourth-order valence-electron chi connectivity index (χ4n) is 3.27. The van der Waals surface area contributed by atoms with Gasteiger partial charge >= 0.3 is 0 Å². The van der Waals surface area contributed by atoms with Crippen molar-refractivity contribution in [1.82, 2.24) is 10.2 Å². The van der Waals surface area contributed by atoms with E-state index >= 15 is 0 Å². The Morgan fingerprint density at radius 1 is 1.11 bits per heavy atom. The second-order valence-electron chi connectivity index (χ2n) is 6.46. The third-order valence-electron chi connectivity index (χ3n) is 4.65. The predicted octanol–water partition coefficient (Wildman–Crippen LogP) is 3.74. The lowest BCUT2D eigenvalue weighted by Gasteiger charge is -2.17. The fraction of sp³-hybridized carbons (Fsp3) is 0.190. The maximum absolute atomic E-state index is 12.5. The number of nitrogens with one attached hydrogen (secondary N) is 1. The Labute approximate surface area is 157 Å². The summed E-state index contributed by atoms with van der Waals surface area (Å²) in [4.78, 5) is 14.7. The molecule has 2 heterocycles. The highest BCUT2D eigenvalue weighted by Gasteiger charge is 2.21. The van der Waals surface area contributed by atoms with Gasteiger partial charge in [-0.3, -0.25) is 4.79 Å². The van der Waals surface area contributed by atoms with Gasteiger partial charge in [0.05, 0.1) is 12.8 Å². The first-order valence-corrected chi connectivity index (χ1v) is 8.81. The molecule has 136 valence electrons. The number of aromatic nitrogens is 2. The summed E-state index contributed by atoms with van der Waals surface area (Å²) in [6, 6.07) is 17.4. The molecule has 27 heavy (non-hydrogen) atoms. The molecule has 0 fully saturated rings. The number of hydrogen-bond donors (Lipinski definition) is 1. The quantitative estimate of drug-likeness (QED) is 0.768. The third kappa shape index (κ3) is 3.33. The van der Waals surface area contributed by atoms with Crippen LogP contribution in [0.5, 0.6) is 5.75 Å². The zero-order valence-electron chi connectivity index (χ0n) is 15.3. The number of methoxy groups -OCH3 is 1. The number of para-hydroxylation sites is 1. The van der Waals surface area contributed by atoms with Crippen LogP contribution in [-0.2, 0) is 6.42 Å². The van der Waals surface area contributed by atoms with Crippen LogP contribution in [0.25, 0.3) is 0 Å². The summed E-state index contributed by atoms with van der Waals surface area (Å²) in [5.41, 5.74) is 4.35. The molecule has 6 heteroatoms. The van der Waals surface area contributed by atoms with Crippen molar-refractivity contribution in [2.45, 2.75) is 13.3 Å². The van der Waals surface area contributed by atoms with Gasteiger partial charge in [-0.25, -0.2) is 0 Å². The number of amides is 1. The molecule has 1 aliphatic heterocycles. The predicted molar refractivity (Wildman–Crippen MR) is 105 cm³/mol. The number of aryl methyl sites for hydroxylation is 1. The number of anilines is 3. The SMILES string of the molecule is COc1ccc(C)cc1NC(=O)c1ccc(N2CCc3ccccc32)nn1. The van der Waals surface area contributed by atoms with Gasteiger partial charge in [0.1, 0.15) is 5.75 Å². The summed E-state index contributed by atoms with van der Waals surface area (Å²) in [5, 5.41) is 11.2. The number of nitrogens with zero attached hydrogens (tertiary/aromatic N) is 3. The van der Waals surface area contributed by atoms with Gasteiger partial charge in [-0.2, -0.15) is 0 Å². The summed E-state index contributed by atoms with van der Waals surface area (Å²) in [6.07, 6.45) is 0.979. The van der Waals surface area contributed by atoms with E-state index in [9.17, 15) is 4.79 Å². The highest BCUT2D eigenvalue weighted by Crippen LogP contribution is 2.32. The number of carbonyl (C=O) groups excluding carboxylic acids is 1. The Morgan fingerprint density at radius 2 is 1.96 bits per heavy atom. The monoisotopic (exact) mass is 360 g/mol. The molecule has 1 aliphatic rings. The van der Waals surface area contributed by atoms with Crippen LogP contribution >= 0.6 is 0 Å². The van der Waals surface area contributed by atoms with E-state index < -0.39 is 0 Å². The second-order valence-corrected chi connectivity index (χ2v) is 6.46. The summed E-state index contributed by atoms with van der Waals surface area (Å²) in [5.74, 6) is 1.02. The highest BCUT2D eigenvalue weighted by molar-refractivity contribution is 6.03. The van der Waals surface area contributed by atoms with Crippen LogP contribution in [0.15, 0.2) is 54.6 Å². The van der Waals surface area contributed by atoms with Crippen LogP contribution in [0, 0.1) is 6.92 Å². The number of rotatable bonds is 4. The number of benzene rings is 2. The zero-order chi connectivity index (χ0) is 18.8. The molecule has 0 unspecified atom stereocenters. The maximum Gasteiger partial charge on any atom is 0.276 e. The Bertz CT molecular complexity index is 986. The summed E-state index contributed by atoms with van der Waals surface area (Å²) in [6.45, 7) is 2.82. The minimum atomic E-state index is -0.320. The molecule has 1 N–H and O–H groups in total. The summed E-state index contributed by atoms with van der Waals surface area (Å²) < 4.78 is 5.30. The molecule has 6 nitrogen and oxygen atoms in total. The molecule has 0 saturated heterocycles. The molecule has 0 atom stereocenters. The normalized spacial score (nSPS) is 12.6. The molecule has 0 radical (unpaired) electrons. The Morgan fingerprint density at radius 3 is 2.74 bits per heavy atom. The molecule has 0 spiro atoms. The van der Waals surface area contributed by atoms with E-state index in [0.717, 1.165) is 30.0 Å². The van der Waals surface area contributed by atoms with Gasteiger partial charge in [-0.05, 0) is 54.8 Å². The molecule has 0 aliphatic carbocycles. The topological polar surface area (TPSA) is 67.3 Å². The Balaban J connectivity index is 1.53. The number of ether oxygens (including phenoxy) is 1. The number of carbonyl (C=O) groups is 1. The molecular weight excluding hydrogens is 340 g/mol. The first-order chi connectivity index (χ1) is 13.2. The molecule has 0 saturated carbocycles. The number of fused-ring (bicyclic) bond motifs is 1. The van der Waals surface area contributed by atoms with Gasteiger partial charge in [-0.15, -0.1) is 10.2 Å². The van der Waals surface area contributed by atoms with Crippen LogP contribution in [0.3, 0.4) is 0 Å². The largest absolute Gasteiger partial charge is 0.495 e. The maximum atomic E-state index is 12.5. The van der Waals surface area contributed by atoms with Gasteiger partial charge in [0.2, 0.25) is 0 Å². The van der Waals surface area contributed by atoms with Crippen LogP contribution in [0.2, 0.25) is 0 Å². The Kier molecular flexibility index (Phi) is 4.46. The highest BCUT2D eigenvalue weighted by atomic mass is 16.5. The molecule has 1 aromatic heterocycles. The molecule has 3 aromatic rings. The second kappa shape index (κ2) is 7.07. The van der Waals surface area contributed by atoms with Crippen molar-refractivity contribution in [3.8, 4) is 5.75 Å². The van der Waals surface area contributed by atoms with Crippen molar-refractivity contribution in [3.05, 3.63) is 71.4 Å². The standard InChI is InChI=1S/C21H20N4O2/c1-14-7-9-19(27-2)17(13-14)22-21(26)16-8-10-20(24-23-16)25-12-11-15-5-3-4-6-18(15)25/h3-10,13H,11-12H2,1-2H3,(H,22,26). The van der Waals surface area contributed by atoms with Gasteiger partial charge in [-0.1, -0.05) is 24.3 Å². The van der Waals surface area contributed by atoms with Crippen LogP contribution in [0.4, 0.5) is 17.2 Å². The van der Waals surface area contributed by atoms with Crippen LogP contribution in [0.1, 0.15) is 21.6 Å². The van der Waals surface area contributed by atoms with Crippen molar-refractivity contribution < 1.29 is 9.53 Å². The van der Waals surface area contributed by atoms with E-state index in [1.807, 2.05) is 43.3 Å². The van der Waals surface area contributed by atoms with Crippen LogP contribution < -0.4 is 15.0 Å². The summed E-state index contributed by atoms with van der Waals surface area (Å²) in [7, 11) is 1.57. The van der Waals surface area contributed by atoms with Crippen LogP contribution in [-0.4, -0.2) is 29.8 Å². The average molecular weight is 360 g/mol. The fourth-order valence-corrected chi connectivity index (χ4v) is 3.27. The molecule has 2 aromatic carbocycles. The lowest BCUT2D eigenvalue weighted by atomic mass is 10.2. The Hall–Kier alpha value is -3.41. The van der Waals surface area contributed by atoms with E-state index in [1.165, 1.54) is 5.56 Å².